The Labute approximate surface area is 203 Å². The van der Waals surface area contributed by atoms with E-state index < -0.39 is 7.22 Å². The van der Waals surface area contributed by atoms with Crippen molar-refractivity contribution < 1.29 is 14.0 Å². The second kappa shape index (κ2) is 10.8. The molecule has 0 saturated carbocycles. The lowest BCUT2D eigenvalue weighted by molar-refractivity contribution is 0.284. The van der Waals surface area contributed by atoms with Crippen LogP contribution in [0.2, 0.25) is 16.6 Å². The summed E-state index contributed by atoms with van der Waals surface area (Å²) < 4.78 is 17.8. The first-order chi connectivity index (χ1) is 15.7. The van der Waals surface area contributed by atoms with Gasteiger partial charge in [0.2, 0.25) is 0 Å². The molecule has 0 amide bonds. The molecule has 3 aromatic rings. The summed E-state index contributed by atoms with van der Waals surface area (Å²) in [4.78, 5) is 1.18. The molecule has 178 valence electrons. The zero-order valence-electron chi connectivity index (χ0n) is 21.1. The maximum atomic E-state index is 6.23. The molecule has 0 saturated heterocycles. The number of nitrogens with zero attached hydrogens (tertiary/aromatic N) is 1. The van der Waals surface area contributed by atoms with E-state index in [4.69, 9.17) is 14.0 Å². The Kier molecular flexibility index (Phi) is 8.35. The van der Waals surface area contributed by atoms with Gasteiger partial charge in [0.05, 0.1) is 12.8 Å². The lowest BCUT2D eigenvalue weighted by atomic mass is 10.1. The highest BCUT2D eigenvalue weighted by atomic mass is 32.4. The van der Waals surface area contributed by atoms with Gasteiger partial charge in [-0.1, -0.05) is 77.0 Å². The van der Waals surface area contributed by atoms with E-state index >= 15 is 0 Å². The SMILES string of the molecule is COc1cc(S[Si](C(C)C)(C(C)C)C(C)C)c(-c2cc(C)no2)cc1OCc1ccccc1. The maximum Gasteiger partial charge on any atom is 0.168 e. The number of hydrogen-bond donors (Lipinski definition) is 0. The fourth-order valence-corrected chi connectivity index (χ4v) is 14.2. The molecule has 1 heterocycles. The minimum absolute atomic E-state index is 0.473. The summed E-state index contributed by atoms with van der Waals surface area (Å²) >= 11 is 2.06. The van der Waals surface area contributed by atoms with Crippen molar-refractivity contribution in [3.8, 4) is 22.8 Å². The average Bonchev–Trinajstić information content (AvgIpc) is 3.21. The molecule has 0 bridgehead atoms. The van der Waals surface area contributed by atoms with Gasteiger partial charge in [-0.2, -0.15) is 0 Å². The Morgan fingerprint density at radius 1 is 0.909 bits per heavy atom. The Morgan fingerprint density at radius 2 is 1.55 bits per heavy atom. The molecular formula is C27H37NO3SSi. The maximum absolute atomic E-state index is 6.23. The van der Waals surface area contributed by atoms with E-state index in [1.54, 1.807) is 7.11 Å². The molecule has 6 heteroatoms. The van der Waals surface area contributed by atoms with E-state index in [9.17, 15) is 0 Å². The van der Waals surface area contributed by atoms with Gasteiger partial charge < -0.3 is 14.0 Å². The van der Waals surface area contributed by atoms with Crippen LogP contribution in [-0.4, -0.2) is 19.5 Å². The van der Waals surface area contributed by atoms with Crippen LogP contribution in [-0.2, 0) is 6.61 Å². The highest BCUT2D eigenvalue weighted by Crippen LogP contribution is 2.54. The van der Waals surface area contributed by atoms with Crippen LogP contribution >= 0.6 is 11.2 Å². The summed E-state index contributed by atoms with van der Waals surface area (Å²) in [6.07, 6.45) is 0. The molecule has 0 radical (unpaired) electrons. The van der Waals surface area contributed by atoms with Gasteiger partial charge in [0, 0.05) is 16.5 Å². The molecule has 0 spiro atoms. The monoisotopic (exact) mass is 483 g/mol. The highest BCUT2D eigenvalue weighted by molar-refractivity contribution is 8.29. The van der Waals surface area contributed by atoms with E-state index in [1.807, 2.05) is 31.2 Å². The van der Waals surface area contributed by atoms with E-state index in [1.165, 1.54) is 4.90 Å². The van der Waals surface area contributed by atoms with Gasteiger partial charge in [-0.15, -0.1) is 11.2 Å². The standard InChI is InChI=1S/C27H37NO3SSi/c1-18(2)33(19(3)4,20(5)6)32-27-16-25(29-8)26(30-17-22-12-10-9-11-13-22)15-23(27)24-14-21(7)28-31-24/h9-16,18-20H,17H2,1-8H3. The van der Waals surface area contributed by atoms with Gasteiger partial charge in [0.1, 0.15) is 13.8 Å². The highest BCUT2D eigenvalue weighted by Gasteiger charge is 2.44. The lowest BCUT2D eigenvalue weighted by Crippen LogP contribution is -2.41. The predicted molar refractivity (Wildman–Crippen MR) is 141 cm³/mol. The van der Waals surface area contributed by atoms with Crippen LogP contribution in [0.5, 0.6) is 11.5 Å². The Bertz CT molecular complexity index is 1030. The molecule has 1 aromatic heterocycles. The normalized spacial score (nSPS) is 12.1. The largest absolute Gasteiger partial charge is 0.493 e. The zero-order valence-corrected chi connectivity index (χ0v) is 23.0. The van der Waals surface area contributed by atoms with Crippen molar-refractivity contribution in [1.29, 1.82) is 0 Å². The Morgan fingerprint density at radius 3 is 2.06 bits per heavy atom. The molecule has 33 heavy (non-hydrogen) atoms. The number of benzene rings is 2. The summed E-state index contributed by atoms with van der Waals surface area (Å²) in [6.45, 7) is 16.7. The topological polar surface area (TPSA) is 44.5 Å². The molecule has 0 fully saturated rings. The first-order valence-corrected chi connectivity index (χ1v) is 15.5. The third-order valence-corrected chi connectivity index (χ3v) is 18.7. The number of hydrogen-bond acceptors (Lipinski definition) is 5. The van der Waals surface area contributed by atoms with Crippen LogP contribution in [0.1, 0.15) is 52.8 Å². The Balaban J connectivity index is 2.10. The van der Waals surface area contributed by atoms with Crippen LogP contribution < -0.4 is 9.47 Å². The summed E-state index contributed by atoms with van der Waals surface area (Å²) in [6, 6.07) is 16.4. The van der Waals surface area contributed by atoms with Crippen molar-refractivity contribution >= 4 is 18.4 Å². The molecular weight excluding hydrogens is 446 g/mol. The quantitative estimate of drug-likeness (QED) is 0.270. The first kappa shape index (κ1) is 25.4. The van der Waals surface area contributed by atoms with Crippen molar-refractivity contribution in [3.05, 3.63) is 59.8 Å². The predicted octanol–water partition coefficient (Wildman–Crippen LogP) is 8.51. The van der Waals surface area contributed by atoms with Crippen LogP contribution in [0.15, 0.2) is 57.9 Å². The van der Waals surface area contributed by atoms with Crippen molar-refractivity contribution in [3.63, 3.8) is 0 Å². The van der Waals surface area contributed by atoms with Crippen molar-refractivity contribution in [2.24, 2.45) is 0 Å². The van der Waals surface area contributed by atoms with Crippen LogP contribution in [0.4, 0.5) is 0 Å². The molecule has 0 aliphatic carbocycles. The molecule has 0 N–H and O–H groups in total. The smallest absolute Gasteiger partial charge is 0.168 e. The fourth-order valence-electron chi connectivity index (χ4n) is 4.86. The van der Waals surface area contributed by atoms with Gasteiger partial charge in [0.25, 0.3) is 0 Å². The Hall–Kier alpha value is -2.18. The first-order valence-electron chi connectivity index (χ1n) is 11.7. The summed E-state index contributed by atoms with van der Waals surface area (Å²) in [5.41, 5.74) is 4.85. The summed E-state index contributed by atoms with van der Waals surface area (Å²) in [7, 11) is -0.0881. The summed E-state index contributed by atoms with van der Waals surface area (Å²) in [5.74, 6) is 2.22. The van der Waals surface area contributed by atoms with Gasteiger partial charge in [-0.25, -0.2) is 0 Å². The van der Waals surface area contributed by atoms with Gasteiger partial charge >= 0.3 is 0 Å². The van der Waals surface area contributed by atoms with Crippen LogP contribution in [0.25, 0.3) is 11.3 Å². The number of aryl methyl sites for hydroxylation is 1. The third kappa shape index (κ3) is 5.49. The number of methoxy groups -OCH3 is 1. The van der Waals surface area contributed by atoms with Gasteiger partial charge in [-0.3, -0.25) is 0 Å². The van der Waals surface area contributed by atoms with Crippen molar-refractivity contribution in [2.75, 3.05) is 7.11 Å². The minimum Gasteiger partial charge on any atom is -0.493 e. The van der Waals surface area contributed by atoms with Gasteiger partial charge in [-0.05, 0) is 41.2 Å². The van der Waals surface area contributed by atoms with E-state index in [2.05, 4.69) is 82.2 Å². The lowest BCUT2D eigenvalue weighted by Gasteiger charge is -2.42. The van der Waals surface area contributed by atoms with E-state index in [-0.39, 0.29) is 0 Å². The molecule has 0 aliphatic rings. The van der Waals surface area contributed by atoms with E-state index in [0.29, 0.717) is 29.0 Å². The molecule has 4 nitrogen and oxygen atoms in total. The van der Waals surface area contributed by atoms with Crippen LogP contribution in [0, 0.1) is 6.92 Å². The second-order valence-electron chi connectivity index (χ2n) is 9.53. The third-order valence-electron chi connectivity index (χ3n) is 6.39. The molecule has 3 rings (SSSR count). The molecule has 0 atom stereocenters. The molecule has 0 aliphatic heterocycles. The second-order valence-corrected chi connectivity index (χ2v) is 18.1. The molecule has 2 aromatic carbocycles. The van der Waals surface area contributed by atoms with Gasteiger partial charge in [0.15, 0.2) is 17.3 Å². The van der Waals surface area contributed by atoms with E-state index in [0.717, 1.165) is 28.3 Å². The average molecular weight is 484 g/mol. The number of aromatic nitrogens is 1. The fraction of sp³-hybridized carbons (Fsp3) is 0.444. The van der Waals surface area contributed by atoms with Crippen molar-refractivity contribution in [1.82, 2.24) is 5.16 Å². The summed E-state index contributed by atoms with van der Waals surface area (Å²) in [5, 5.41) is 4.16. The van der Waals surface area contributed by atoms with Crippen LogP contribution in [0.3, 0.4) is 0 Å². The number of ether oxygens (including phenoxy) is 2. The molecule has 0 unspecified atom stereocenters. The van der Waals surface area contributed by atoms with Crippen molar-refractivity contribution in [2.45, 2.75) is 76.6 Å². The number of rotatable bonds is 10. The zero-order chi connectivity index (χ0) is 24.2. The minimum atomic E-state index is -1.79.